The van der Waals surface area contributed by atoms with E-state index in [4.69, 9.17) is 0 Å². The molecule has 0 aromatic heterocycles. The maximum Gasteiger partial charge on any atom is 0.324 e. The summed E-state index contributed by atoms with van der Waals surface area (Å²) >= 11 is 0. The molecule has 17 heavy (non-hydrogen) atoms. The molecule has 2 atom stereocenters. The van der Waals surface area contributed by atoms with E-state index in [0.717, 1.165) is 45.2 Å². The second-order valence-electron chi connectivity index (χ2n) is 5.53. The zero-order chi connectivity index (χ0) is 12.9. The number of rotatable bonds is 6. The maximum atomic E-state index is 11.8. The molecule has 0 aliphatic heterocycles. The molecule has 1 fully saturated rings. The SMILES string of the molecule is CCCN(CCC)C1(C(=O)O)CCCC(C)C1. The summed E-state index contributed by atoms with van der Waals surface area (Å²) in [5, 5.41) is 9.69. The highest BCUT2D eigenvalue weighted by Gasteiger charge is 2.45. The average Bonchev–Trinajstić information content (AvgIpc) is 2.28. The molecule has 100 valence electrons. The van der Waals surface area contributed by atoms with Gasteiger partial charge in [0, 0.05) is 0 Å². The van der Waals surface area contributed by atoms with E-state index in [-0.39, 0.29) is 0 Å². The predicted octanol–water partition coefficient (Wildman–Crippen LogP) is 3.14. The van der Waals surface area contributed by atoms with Crippen molar-refractivity contribution in [1.82, 2.24) is 4.90 Å². The third kappa shape index (κ3) is 3.21. The van der Waals surface area contributed by atoms with Crippen molar-refractivity contribution in [1.29, 1.82) is 0 Å². The lowest BCUT2D eigenvalue weighted by Gasteiger charge is -2.45. The van der Waals surface area contributed by atoms with Crippen molar-refractivity contribution in [3.63, 3.8) is 0 Å². The number of aliphatic carboxylic acids is 1. The quantitative estimate of drug-likeness (QED) is 0.776. The van der Waals surface area contributed by atoms with E-state index in [2.05, 4.69) is 25.7 Å². The van der Waals surface area contributed by atoms with Gasteiger partial charge in [-0.05, 0) is 44.7 Å². The molecule has 0 amide bonds. The average molecular weight is 241 g/mol. The van der Waals surface area contributed by atoms with Crippen LogP contribution in [0.1, 0.15) is 59.3 Å². The number of carbonyl (C=O) groups is 1. The minimum atomic E-state index is -0.606. The summed E-state index contributed by atoms with van der Waals surface area (Å²) in [4.78, 5) is 14.0. The Morgan fingerprint density at radius 3 is 2.35 bits per heavy atom. The highest BCUT2D eigenvalue weighted by Crippen LogP contribution is 2.37. The Hall–Kier alpha value is -0.570. The zero-order valence-electron chi connectivity index (χ0n) is 11.5. The minimum absolute atomic E-state index is 0.538. The molecular formula is C14H27NO2. The lowest BCUT2D eigenvalue weighted by atomic mass is 9.75. The summed E-state index contributed by atoms with van der Waals surface area (Å²) in [5.41, 5.74) is -0.580. The van der Waals surface area contributed by atoms with Crippen LogP contribution in [0.5, 0.6) is 0 Å². The van der Waals surface area contributed by atoms with Crippen LogP contribution in [0.4, 0.5) is 0 Å². The normalized spacial score (nSPS) is 29.5. The van der Waals surface area contributed by atoms with Crippen LogP contribution in [0, 0.1) is 5.92 Å². The second-order valence-corrected chi connectivity index (χ2v) is 5.53. The first-order valence-electron chi connectivity index (χ1n) is 7.05. The Kier molecular flexibility index (Phi) is 5.44. The highest BCUT2D eigenvalue weighted by atomic mass is 16.4. The largest absolute Gasteiger partial charge is 0.480 e. The van der Waals surface area contributed by atoms with Crippen molar-refractivity contribution in [2.75, 3.05) is 13.1 Å². The van der Waals surface area contributed by atoms with E-state index < -0.39 is 11.5 Å². The first-order chi connectivity index (χ1) is 8.06. The third-order valence-corrected chi connectivity index (χ3v) is 3.96. The fourth-order valence-corrected chi connectivity index (χ4v) is 3.22. The van der Waals surface area contributed by atoms with E-state index in [1.54, 1.807) is 0 Å². The van der Waals surface area contributed by atoms with Crippen LogP contribution in [0.2, 0.25) is 0 Å². The summed E-state index contributed by atoms with van der Waals surface area (Å²) in [6.45, 7) is 8.27. The van der Waals surface area contributed by atoms with Gasteiger partial charge in [-0.15, -0.1) is 0 Å². The lowest BCUT2D eigenvalue weighted by molar-refractivity contribution is -0.155. The number of carboxylic acids is 1. The van der Waals surface area contributed by atoms with Crippen LogP contribution in [0.15, 0.2) is 0 Å². The fraction of sp³-hybridized carbons (Fsp3) is 0.929. The predicted molar refractivity (Wildman–Crippen MR) is 70.2 cm³/mol. The summed E-state index contributed by atoms with van der Waals surface area (Å²) in [6, 6.07) is 0. The molecule has 2 unspecified atom stereocenters. The van der Waals surface area contributed by atoms with E-state index in [1.807, 2.05) is 0 Å². The Morgan fingerprint density at radius 2 is 1.94 bits per heavy atom. The van der Waals surface area contributed by atoms with Gasteiger partial charge in [-0.1, -0.05) is 33.6 Å². The first-order valence-corrected chi connectivity index (χ1v) is 7.05. The number of carboxylic acid groups (broad SMARTS) is 1. The van der Waals surface area contributed by atoms with Gasteiger partial charge in [-0.3, -0.25) is 9.69 Å². The molecule has 1 saturated carbocycles. The number of hydrogen-bond acceptors (Lipinski definition) is 2. The molecule has 0 radical (unpaired) electrons. The zero-order valence-corrected chi connectivity index (χ0v) is 11.5. The molecule has 1 aliphatic carbocycles. The standard InChI is InChI=1S/C14H27NO2/c1-4-9-15(10-5-2)14(13(16)17)8-6-7-12(3)11-14/h12H,4-11H2,1-3H3,(H,16,17). The van der Waals surface area contributed by atoms with Gasteiger partial charge in [-0.2, -0.15) is 0 Å². The molecule has 3 nitrogen and oxygen atoms in total. The van der Waals surface area contributed by atoms with Crippen molar-refractivity contribution >= 4 is 5.97 Å². The Labute approximate surface area is 105 Å². The van der Waals surface area contributed by atoms with Crippen LogP contribution in [0.3, 0.4) is 0 Å². The molecule has 0 bridgehead atoms. The topological polar surface area (TPSA) is 40.5 Å². The van der Waals surface area contributed by atoms with Crippen LogP contribution >= 0.6 is 0 Å². The van der Waals surface area contributed by atoms with Gasteiger partial charge < -0.3 is 5.11 Å². The maximum absolute atomic E-state index is 11.8. The smallest absolute Gasteiger partial charge is 0.324 e. The molecule has 0 aromatic carbocycles. The summed E-state index contributed by atoms with van der Waals surface area (Å²) in [5.74, 6) is -0.0676. The molecular weight excluding hydrogens is 214 g/mol. The van der Waals surface area contributed by atoms with Gasteiger partial charge in [-0.25, -0.2) is 0 Å². The summed E-state index contributed by atoms with van der Waals surface area (Å²) in [6.07, 6.45) is 5.94. The number of hydrogen-bond donors (Lipinski definition) is 1. The van der Waals surface area contributed by atoms with E-state index in [0.29, 0.717) is 5.92 Å². The van der Waals surface area contributed by atoms with Gasteiger partial charge in [0.15, 0.2) is 0 Å². The monoisotopic (exact) mass is 241 g/mol. The molecule has 1 aliphatic rings. The van der Waals surface area contributed by atoms with Crippen molar-refractivity contribution in [2.24, 2.45) is 5.92 Å². The molecule has 3 heteroatoms. The summed E-state index contributed by atoms with van der Waals surface area (Å²) in [7, 11) is 0. The molecule has 0 aromatic rings. The summed E-state index contributed by atoms with van der Waals surface area (Å²) < 4.78 is 0. The molecule has 0 saturated heterocycles. The highest BCUT2D eigenvalue weighted by molar-refractivity contribution is 5.79. The lowest BCUT2D eigenvalue weighted by Crippen LogP contribution is -2.57. The van der Waals surface area contributed by atoms with E-state index in [9.17, 15) is 9.90 Å². The Balaban J connectivity index is 2.90. The van der Waals surface area contributed by atoms with Gasteiger partial charge in [0.2, 0.25) is 0 Å². The van der Waals surface area contributed by atoms with E-state index in [1.165, 1.54) is 6.42 Å². The van der Waals surface area contributed by atoms with Crippen LogP contribution in [0.25, 0.3) is 0 Å². The van der Waals surface area contributed by atoms with Gasteiger partial charge in [0.25, 0.3) is 0 Å². The molecule has 0 heterocycles. The van der Waals surface area contributed by atoms with Crippen LogP contribution in [-0.2, 0) is 4.79 Å². The fourth-order valence-electron chi connectivity index (χ4n) is 3.22. The Bertz CT molecular complexity index is 249. The van der Waals surface area contributed by atoms with Crippen molar-refractivity contribution < 1.29 is 9.90 Å². The van der Waals surface area contributed by atoms with Crippen LogP contribution < -0.4 is 0 Å². The van der Waals surface area contributed by atoms with E-state index >= 15 is 0 Å². The second kappa shape index (κ2) is 6.39. The van der Waals surface area contributed by atoms with Gasteiger partial charge in [0.05, 0.1) is 0 Å². The van der Waals surface area contributed by atoms with Gasteiger partial charge >= 0.3 is 5.97 Å². The first kappa shape index (κ1) is 14.5. The van der Waals surface area contributed by atoms with Crippen LogP contribution in [-0.4, -0.2) is 34.6 Å². The molecule has 1 N–H and O–H groups in total. The van der Waals surface area contributed by atoms with Crippen molar-refractivity contribution in [3.05, 3.63) is 0 Å². The number of nitrogens with zero attached hydrogens (tertiary/aromatic N) is 1. The third-order valence-electron chi connectivity index (χ3n) is 3.96. The van der Waals surface area contributed by atoms with Gasteiger partial charge in [0.1, 0.15) is 5.54 Å². The minimum Gasteiger partial charge on any atom is -0.480 e. The van der Waals surface area contributed by atoms with Crippen molar-refractivity contribution in [2.45, 2.75) is 64.8 Å². The Morgan fingerprint density at radius 1 is 1.35 bits per heavy atom. The van der Waals surface area contributed by atoms with Crippen molar-refractivity contribution in [3.8, 4) is 0 Å². The molecule has 0 spiro atoms. The molecule has 1 rings (SSSR count).